The number of fused-ring (bicyclic) bond motifs is 1. The maximum Gasteiger partial charge on any atom is 0.283 e. The van der Waals surface area contributed by atoms with Gasteiger partial charge in [-0.1, -0.05) is 35.9 Å². The molecule has 7 nitrogen and oxygen atoms in total. The van der Waals surface area contributed by atoms with Gasteiger partial charge in [-0.3, -0.25) is 10.2 Å². The van der Waals surface area contributed by atoms with Crippen molar-refractivity contribution in [2.24, 2.45) is 10.1 Å². The summed E-state index contributed by atoms with van der Waals surface area (Å²) < 4.78 is 7.84. The van der Waals surface area contributed by atoms with E-state index in [1.807, 2.05) is 85.3 Å². The van der Waals surface area contributed by atoms with E-state index in [-0.39, 0.29) is 18.0 Å². The van der Waals surface area contributed by atoms with E-state index >= 15 is 0 Å². The van der Waals surface area contributed by atoms with Gasteiger partial charge in [0, 0.05) is 17.6 Å². The minimum atomic E-state index is -0.452. The molecule has 3 heterocycles. The lowest BCUT2D eigenvalue weighted by molar-refractivity contribution is -0.114. The van der Waals surface area contributed by atoms with Crippen molar-refractivity contribution in [1.82, 2.24) is 9.58 Å². The minimum absolute atomic E-state index is 0.0000442. The Hall–Kier alpha value is -3.91. The van der Waals surface area contributed by atoms with E-state index in [4.69, 9.17) is 10.1 Å². The first kappa shape index (κ1) is 21.0. The average Bonchev–Trinajstić information content (AvgIpc) is 3.43. The smallest absolute Gasteiger partial charge is 0.283 e. The van der Waals surface area contributed by atoms with Gasteiger partial charge in [0.05, 0.1) is 5.57 Å². The van der Waals surface area contributed by atoms with E-state index in [1.54, 1.807) is 6.08 Å². The number of nitrogens with one attached hydrogen (secondary N) is 1. The fourth-order valence-electron chi connectivity index (χ4n) is 3.55. The van der Waals surface area contributed by atoms with Crippen molar-refractivity contribution in [3.63, 3.8) is 0 Å². The number of hydrazone groups is 1. The van der Waals surface area contributed by atoms with E-state index in [1.165, 1.54) is 22.3 Å². The predicted octanol–water partition coefficient (Wildman–Crippen LogP) is 4.79. The highest BCUT2D eigenvalue weighted by atomic mass is 32.2. The van der Waals surface area contributed by atoms with Crippen LogP contribution in [0.3, 0.4) is 0 Å². The molecule has 8 heteroatoms. The highest BCUT2D eigenvalue weighted by Gasteiger charge is 2.36. The topological polar surface area (TPSA) is 83.0 Å². The molecule has 0 saturated heterocycles. The molecule has 0 spiro atoms. The molecule has 2 aliphatic rings. The van der Waals surface area contributed by atoms with Crippen LogP contribution >= 0.6 is 11.8 Å². The fourth-order valence-corrected chi connectivity index (χ4v) is 4.35. The van der Waals surface area contributed by atoms with Crippen molar-refractivity contribution in [2.45, 2.75) is 13.8 Å². The maximum atomic E-state index is 12.8. The van der Waals surface area contributed by atoms with Crippen LogP contribution in [0.2, 0.25) is 0 Å². The third-order valence-electron chi connectivity index (χ3n) is 5.33. The molecular formula is C25H21N5O2S. The molecule has 0 aliphatic carbocycles. The Balaban J connectivity index is 1.38. The second-order valence-electron chi connectivity index (χ2n) is 7.71. The minimum Gasteiger partial charge on any atom is -0.486 e. The number of hydrogen-bond acceptors (Lipinski definition) is 5. The molecule has 33 heavy (non-hydrogen) atoms. The summed E-state index contributed by atoms with van der Waals surface area (Å²) in [4.78, 5) is 16.9. The van der Waals surface area contributed by atoms with E-state index in [0.29, 0.717) is 10.2 Å². The Morgan fingerprint density at radius 3 is 2.64 bits per heavy atom. The van der Waals surface area contributed by atoms with E-state index in [2.05, 4.69) is 10.1 Å². The van der Waals surface area contributed by atoms with Crippen molar-refractivity contribution < 1.29 is 9.53 Å². The largest absolute Gasteiger partial charge is 0.486 e. The van der Waals surface area contributed by atoms with Gasteiger partial charge in [-0.2, -0.15) is 15.1 Å². The number of aryl methyl sites for hydroxylation is 2. The molecule has 2 aliphatic heterocycles. The van der Waals surface area contributed by atoms with E-state index in [0.717, 1.165) is 22.7 Å². The summed E-state index contributed by atoms with van der Waals surface area (Å²) >= 11 is 1.25. The zero-order chi connectivity index (χ0) is 22.9. The number of benzene rings is 2. The molecule has 1 amide bonds. The van der Waals surface area contributed by atoms with E-state index < -0.39 is 5.91 Å². The van der Waals surface area contributed by atoms with Gasteiger partial charge >= 0.3 is 0 Å². The van der Waals surface area contributed by atoms with Crippen LogP contribution in [-0.2, 0) is 4.79 Å². The van der Waals surface area contributed by atoms with Crippen molar-refractivity contribution >= 4 is 39.8 Å². The maximum absolute atomic E-state index is 12.8. The first-order valence-electron chi connectivity index (χ1n) is 10.4. The average molecular weight is 456 g/mol. The highest BCUT2D eigenvalue weighted by molar-refractivity contribution is 8.27. The lowest BCUT2D eigenvalue weighted by Gasteiger charge is -2.20. The van der Waals surface area contributed by atoms with Crippen molar-refractivity contribution in [2.75, 3.05) is 6.61 Å². The quantitative estimate of drug-likeness (QED) is 0.561. The number of amidine groups is 2. The number of aliphatic imine (C=N–C) groups is 1. The van der Waals surface area contributed by atoms with Gasteiger partial charge in [-0.15, -0.1) is 0 Å². The zero-order valence-electron chi connectivity index (χ0n) is 18.1. The lowest BCUT2D eigenvalue weighted by atomic mass is 10.1. The number of aromatic nitrogens is 1. The molecular weight excluding hydrogens is 434 g/mol. The number of hydrogen-bond donors (Lipinski definition) is 1. The predicted molar refractivity (Wildman–Crippen MR) is 132 cm³/mol. The SMILES string of the molecule is Cc1ccc(-n2cccc2/C=C2/C(=N)N3N=C(COc4ccccc4C)SC3=NC2=O)cc1. The number of nitrogens with zero attached hydrogens (tertiary/aromatic N) is 4. The van der Waals surface area contributed by atoms with Crippen molar-refractivity contribution in [3.05, 3.63) is 89.3 Å². The van der Waals surface area contributed by atoms with Crippen LogP contribution in [0, 0.1) is 19.3 Å². The fraction of sp³-hybridized carbons (Fsp3) is 0.120. The van der Waals surface area contributed by atoms with Crippen molar-refractivity contribution in [3.8, 4) is 11.4 Å². The lowest BCUT2D eigenvalue weighted by Crippen LogP contribution is -2.35. The summed E-state index contributed by atoms with van der Waals surface area (Å²) in [6.07, 6.45) is 3.61. The molecule has 0 radical (unpaired) electrons. The number of ether oxygens (including phenoxy) is 1. The summed E-state index contributed by atoms with van der Waals surface area (Å²) in [5, 5.41) is 15.5. The molecule has 2 aromatic carbocycles. The summed E-state index contributed by atoms with van der Waals surface area (Å²) in [7, 11) is 0. The highest BCUT2D eigenvalue weighted by Crippen LogP contribution is 2.29. The van der Waals surface area contributed by atoms with Crippen LogP contribution in [0.4, 0.5) is 0 Å². The Labute approximate surface area is 195 Å². The van der Waals surface area contributed by atoms with Gasteiger partial charge in [-0.25, -0.2) is 0 Å². The number of amides is 1. The zero-order valence-corrected chi connectivity index (χ0v) is 19.0. The Morgan fingerprint density at radius 1 is 1.06 bits per heavy atom. The first-order chi connectivity index (χ1) is 16.0. The molecule has 1 N–H and O–H groups in total. The van der Waals surface area contributed by atoms with Gasteiger partial charge in [0.1, 0.15) is 17.4 Å². The van der Waals surface area contributed by atoms with E-state index in [9.17, 15) is 4.79 Å². The molecule has 0 unspecified atom stereocenters. The summed E-state index contributed by atoms with van der Waals surface area (Å²) in [5.74, 6) is 0.322. The van der Waals surface area contributed by atoms with Gasteiger partial charge in [0.25, 0.3) is 5.91 Å². The van der Waals surface area contributed by atoms with Gasteiger partial charge in [0.15, 0.2) is 5.84 Å². The number of carbonyl (C=O) groups is 1. The summed E-state index contributed by atoms with van der Waals surface area (Å²) in [5.41, 5.74) is 4.15. The summed E-state index contributed by atoms with van der Waals surface area (Å²) in [6.45, 7) is 4.25. The van der Waals surface area contributed by atoms with Gasteiger partial charge < -0.3 is 9.30 Å². The first-order valence-corrected chi connectivity index (χ1v) is 11.2. The molecule has 3 aromatic rings. The van der Waals surface area contributed by atoms with Crippen molar-refractivity contribution in [1.29, 1.82) is 5.41 Å². The third-order valence-corrected chi connectivity index (χ3v) is 6.21. The number of thioether (sulfide) groups is 1. The van der Waals surface area contributed by atoms with Crippen LogP contribution in [-0.4, -0.2) is 38.1 Å². The van der Waals surface area contributed by atoms with Crippen LogP contribution < -0.4 is 4.74 Å². The Kier molecular flexibility index (Phi) is 5.43. The molecule has 1 aromatic heterocycles. The molecule has 0 atom stereocenters. The second-order valence-corrected chi connectivity index (χ2v) is 8.75. The number of para-hydroxylation sites is 1. The molecule has 0 bridgehead atoms. The third kappa shape index (κ3) is 4.12. The summed E-state index contributed by atoms with van der Waals surface area (Å²) in [6, 6.07) is 19.7. The Morgan fingerprint density at radius 2 is 1.85 bits per heavy atom. The molecule has 0 saturated carbocycles. The molecule has 5 rings (SSSR count). The number of rotatable bonds is 5. The van der Waals surface area contributed by atoms with Crippen LogP contribution in [0.25, 0.3) is 11.8 Å². The van der Waals surface area contributed by atoms with Crippen LogP contribution in [0.1, 0.15) is 16.8 Å². The van der Waals surface area contributed by atoms with Crippen LogP contribution in [0.15, 0.2) is 82.5 Å². The van der Waals surface area contributed by atoms with Crippen LogP contribution in [0.5, 0.6) is 5.75 Å². The Bertz CT molecular complexity index is 1350. The molecule has 0 fully saturated rings. The van der Waals surface area contributed by atoms with Gasteiger partial charge in [0.2, 0.25) is 5.17 Å². The monoisotopic (exact) mass is 455 g/mol. The number of carbonyl (C=O) groups excluding carboxylic acids is 1. The normalized spacial score (nSPS) is 16.7. The second kappa shape index (κ2) is 8.55. The van der Waals surface area contributed by atoms with Gasteiger partial charge in [-0.05, 0) is 67.6 Å². The molecule has 164 valence electrons. The standard InChI is InChI=1S/C25H21N5O2S/c1-16-9-11-18(12-10-16)29-13-5-7-19(29)14-20-23(26)30-25(27-24(20)31)33-22(28-30)15-32-21-8-4-3-6-17(21)2/h3-14,26H,15H2,1-2H3/b20-14-,26-23?.